The average molecular weight is 193 g/mol. The molecule has 76 valence electrons. The average Bonchev–Trinajstić information content (AvgIpc) is 2.13. The first-order valence-corrected chi connectivity index (χ1v) is 4.02. The van der Waals surface area contributed by atoms with Crippen molar-refractivity contribution in [3.05, 3.63) is 10.1 Å². The van der Waals surface area contributed by atoms with Gasteiger partial charge in [-0.15, -0.1) is 0 Å². The number of ether oxygens (including phenoxy) is 1. The Bertz CT molecular complexity index is 238. The van der Waals surface area contributed by atoms with Gasteiger partial charge in [-0.1, -0.05) is 0 Å². The van der Waals surface area contributed by atoms with E-state index in [0.717, 1.165) is 0 Å². The first-order valence-electron chi connectivity index (χ1n) is 4.42. The van der Waals surface area contributed by atoms with Crippen LogP contribution in [0.5, 0.6) is 0 Å². The summed E-state index contributed by atoms with van der Waals surface area (Å²) >= 11 is 0. The van der Waals surface area contributed by atoms with Crippen molar-refractivity contribution >= 4 is 0 Å². The second-order valence-corrected chi connectivity index (χ2v) is 3.53. The number of nitrogens with zero attached hydrogens (tertiary/aromatic N) is 1. The lowest BCUT2D eigenvalue weighted by atomic mass is 9.86. The van der Waals surface area contributed by atoms with Gasteiger partial charge in [-0.3, -0.25) is 10.1 Å². The van der Waals surface area contributed by atoms with Crippen molar-refractivity contribution in [3.63, 3.8) is 0 Å². The molecule has 0 saturated carbocycles. The molecule has 1 rings (SSSR count). The van der Waals surface area contributed by atoms with E-state index in [0.29, 0.717) is 0 Å². The van der Waals surface area contributed by atoms with Crippen LogP contribution in [-0.4, -0.2) is 40.6 Å². The monoisotopic (exact) mass is 193 g/mol. The van der Waals surface area contributed by atoms with Crippen LogP contribution in [0.1, 0.15) is 20.3 Å². The van der Waals surface area contributed by atoms with Gasteiger partial charge in [0, 0.05) is 11.8 Å². The van der Waals surface area contributed by atoms with Crippen LogP contribution in [0, 0.1) is 10.1 Å². The molecule has 1 heterocycles. The Hall–Kier alpha value is -0.720. The molecule has 0 aromatic rings. The fraction of sp³-hybridized carbons (Fsp3) is 1.00. The fourth-order valence-corrected chi connectivity index (χ4v) is 1.51. The zero-order valence-corrected chi connectivity index (χ0v) is 7.47. The van der Waals surface area contributed by atoms with E-state index >= 15 is 0 Å². The molecule has 0 radical (unpaired) electrons. The van der Waals surface area contributed by atoms with E-state index in [2.05, 4.69) is 5.11 Å². The Morgan fingerprint density at radius 3 is 2.92 bits per heavy atom. The fourth-order valence-electron chi connectivity index (χ4n) is 1.51. The lowest BCUT2D eigenvalue weighted by Gasteiger charge is -2.37. The summed E-state index contributed by atoms with van der Waals surface area (Å²) in [7, 11) is 0. The van der Waals surface area contributed by atoms with E-state index < -0.39 is 29.0 Å². The lowest BCUT2D eigenvalue weighted by molar-refractivity contribution is -0.593. The van der Waals surface area contributed by atoms with Crippen LogP contribution in [0.15, 0.2) is 0 Å². The van der Waals surface area contributed by atoms with Crippen molar-refractivity contribution in [2.75, 3.05) is 0 Å². The van der Waals surface area contributed by atoms with Gasteiger partial charge in [-0.2, -0.15) is 0 Å². The molecule has 0 amide bonds. The van der Waals surface area contributed by atoms with Crippen molar-refractivity contribution in [2.45, 2.75) is 44.3 Å². The molecule has 0 aliphatic carbocycles. The molecule has 1 saturated heterocycles. The van der Waals surface area contributed by atoms with Crippen LogP contribution in [0.3, 0.4) is 0 Å². The second kappa shape index (κ2) is 3.21. The number of hydrogen-bond acceptors (Lipinski definition) is 5. The Morgan fingerprint density at radius 2 is 2.46 bits per heavy atom. The van der Waals surface area contributed by atoms with Gasteiger partial charge in [0.05, 0.1) is 12.5 Å². The summed E-state index contributed by atoms with van der Waals surface area (Å²) in [5.74, 6) is 0. The molecule has 0 unspecified atom stereocenters. The third-order valence-corrected chi connectivity index (χ3v) is 2.45. The van der Waals surface area contributed by atoms with Crippen LogP contribution in [-0.2, 0) is 4.74 Å². The van der Waals surface area contributed by atoms with Gasteiger partial charge in [0.25, 0.3) is 5.54 Å². The predicted octanol–water partition coefficient (Wildman–Crippen LogP) is -0.490. The third kappa shape index (κ3) is 1.65. The largest absolute Gasteiger partial charge is 0.383 e. The summed E-state index contributed by atoms with van der Waals surface area (Å²) in [6.45, 7) is 2.83. The van der Waals surface area contributed by atoms with Crippen LogP contribution in [0.4, 0.5) is 0 Å². The summed E-state index contributed by atoms with van der Waals surface area (Å²) in [5, 5.41) is 24.5. The third-order valence-electron chi connectivity index (χ3n) is 2.45. The van der Waals surface area contributed by atoms with E-state index in [4.69, 9.17) is 6.17 Å². The minimum atomic E-state index is -1.51. The maximum atomic E-state index is 10.8. The minimum absolute atomic E-state index is 0.130. The van der Waals surface area contributed by atoms with Gasteiger partial charge in [0.1, 0.15) is 6.10 Å². The molecular formula is C7H13NO5. The highest BCUT2D eigenvalue weighted by Gasteiger charge is 2.53. The molecule has 0 spiro atoms. The van der Waals surface area contributed by atoms with Crippen molar-refractivity contribution in [2.24, 2.45) is 0 Å². The standard InChI is InChI=1S/C7H13NO5/c1-4-6(10)7(2,8(11)12)3-5(9)13-4/h4-6,9-10H,3H2,1-2H3/t4-,5-,6-,7-/m0/s1/i9T. The van der Waals surface area contributed by atoms with Crippen LogP contribution in [0.2, 0.25) is 0 Å². The topological polar surface area (TPSA) is 92.8 Å². The summed E-state index contributed by atoms with van der Waals surface area (Å²) in [5.41, 5.74) is -1.51. The summed E-state index contributed by atoms with van der Waals surface area (Å²) in [4.78, 5) is 10.2. The Labute approximate surface area is 76.8 Å². The van der Waals surface area contributed by atoms with E-state index in [-0.39, 0.29) is 6.42 Å². The number of aliphatic hydroxyl groups is 2. The molecule has 0 aromatic carbocycles. The van der Waals surface area contributed by atoms with Crippen molar-refractivity contribution in [3.8, 4) is 0 Å². The van der Waals surface area contributed by atoms with E-state index in [1.54, 1.807) is 0 Å². The summed E-state index contributed by atoms with van der Waals surface area (Å²) in [6.07, 6.45) is -2.99. The van der Waals surface area contributed by atoms with E-state index in [9.17, 15) is 15.2 Å². The predicted molar refractivity (Wildman–Crippen MR) is 42.6 cm³/mol. The molecule has 4 atom stereocenters. The normalized spacial score (nSPS) is 47.0. The second-order valence-electron chi connectivity index (χ2n) is 3.53. The van der Waals surface area contributed by atoms with Crippen molar-refractivity contribution in [1.29, 1.82) is 1.43 Å². The zero-order chi connectivity index (χ0) is 10.9. The molecule has 1 fully saturated rings. The van der Waals surface area contributed by atoms with E-state index in [1.165, 1.54) is 13.8 Å². The summed E-state index contributed by atoms with van der Waals surface area (Å²) in [6, 6.07) is 0. The summed E-state index contributed by atoms with van der Waals surface area (Å²) < 4.78 is 11.7. The number of hydrogen-bond donors (Lipinski definition) is 2. The van der Waals surface area contributed by atoms with Crippen molar-refractivity contribution < 1.29 is 19.9 Å². The molecule has 0 aromatic heterocycles. The van der Waals surface area contributed by atoms with Gasteiger partial charge in [-0.05, 0) is 6.92 Å². The molecule has 13 heavy (non-hydrogen) atoms. The maximum Gasteiger partial charge on any atom is 0.252 e. The quantitative estimate of drug-likeness (QED) is 0.456. The molecule has 1 aliphatic heterocycles. The van der Waals surface area contributed by atoms with Gasteiger partial charge >= 0.3 is 0 Å². The highest BCUT2D eigenvalue weighted by Crippen LogP contribution is 2.30. The van der Waals surface area contributed by atoms with Crippen LogP contribution < -0.4 is 0 Å². The Morgan fingerprint density at radius 1 is 1.85 bits per heavy atom. The first-order chi connectivity index (χ1) is 6.41. The minimum Gasteiger partial charge on any atom is -0.383 e. The number of aliphatic hydroxyl groups excluding tert-OH is 2. The lowest BCUT2D eigenvalue weighted by Crippen LogP contribution is -2.58. The van der Waals surface area contributed by atoms with Crippen LogP contribution in [0.25, 0.3) is 0 Å². The highest BCUT2D eigenvalue weighted by molar-refractivity contribution is 4.91. The molecule has 6 heteroatoms. The molecular weight excluding hydrogens is 178 g/mol. The number of rotatable bonds is 2. The molecule has 1 aliphatic rings. The highest BCUT2D eigenvalue weighted by atomic mass is 16.6. The number of nitro groups is 1. The smallest absolute Gasteiger partial charge is 0.252 e. The van der Waals surface area contributed by atoms with Gasteiger partial charge in [-0.25, -0.2) is 0 Å². The van der Waals surface area contributed by atoms with Crippen LogP contribution >= 0.6 is 0 Å². The van der Waals surface area contributed by atoms with Crippen molar-refractivity contribution in [1.82, 2.24) is 0 Å². The first kappa shape index (κ1) is 8.86. The SMILES string of the molecule is [3H]O[C@@H]1C[C@](C)([N+](=O)[O-])[C@@H](O)[C@H](C)O1. The molecule has 2 N–H and O–H groups in total. The van der Waals surface area contributed by atoms with Gasteiger partial charge < -0.3 is 15.0 Å². The van der Waals surface area contributed by atoms with Gasteiger partial charge in [0.2, 0.25) is 1.43 Å². The van der Waals surface area contributed by atoms with E-state index in [1.807, 2.05) is 0 Å². The molecule has 6 nitrogen and oxygen atoms in total. The Kier molecular flexibility index (Phi) is 2.19. The molecule has 0 bridgehead atoms. The van der Waals surface area contributed by atoms with Gasteiger partial charge in [0.15, 0.2) is 6.29 Å². The Balaban J connectivity index is 2.87. The maximum absolute atomic E-state index is 10.8. The zero-order valence-electron chi connectivity index (χ0n) is 8.47.